The number of esters is 1. The van der Waals surface area contributed by atoms with Crippen LogP contribution in [0.2, 0.25) is 0 Å². The van der Waals surface area contributed by atoms with Crippen molar-refractivity contribution in [2.24, 2.45) is 0 Å². The lowest BCUT2D eigenvalue weighted by Gasteiger charge is -2.03. The standard InChI is InChI=1S/C14H13NO4/c1-3-4-7-19-14(18)9-5-6-10-11(8-9)13(17)15(2)12(10)16/h3-6,8H,7H2,1-2H3/b4-3+. The van der Waals surface area contributed by atoms with Gasteiger partial charge in [-0.15, -0.1) is 0 Å². The molecule has 0 bridgehead atoms. The predicted octanol–water partition coefficient (Wildman–Crippen LogP) is 1.65. The second kappa shape index (κ2) is 5.06. The number of allylic oxidation sites excluding steroid dienone is 1. The second-order valence-corrected chi connectivity index (χ2v) is 4.10. The van der Waals surface area contributed by atoms with E-state index in [0.717, 1.165) is 4.90 Å². The average Bonchev–Trinajstić information content (AvgIpc) is 2.64. The lowest BCUT2D eigenvalue weighted by atomic mass is 10.1. The van der Waals surface area contributed by atoms with E-state index < -0.39 is 11.9 Å². The first-order valence-corrected chi connectivity index (χ1v) is 5.81. The van der Waals surface area contributed by atoms with Crippen molar-refractivity contribution in [3.05, 3.63) is 47.0 Å². The molecule has 5 nitrogen and oxygen atoms in total. The van der Waals surface area contributed by atoms with Crippen molar-refractivity contribution in [1.82, 2.24) is 4.90 Å². The maximum absolute atomic E-state index is 11.8. The van der Waals surface area contributed by atoms with Gasteiger partial charge in [0.25, 0.3) is 11.8 Å². The van der Waals surface area contributed by atoms with Gasteiger partial charge in [-0.3, -0.25) is 14.5 Å². The summed E-state index contributed by atoms with van der Waals surface area (Å²) in [4.78, 5) is 36.2. The van der Waals surface area contributed by atoms with E-state index in [0.29, 0.717) is 5.56 Å². The fourth-order valence-corrected chi connectivity index (χ4v) is 1.79. The molecule has 0 saturated carbocycles. The Hall–Kier alpha value is -2.43. The summed E-state index contributed by atoms with van der Waals surface area (Å²) >= 11 is 0. The number of carbonyl (C=O) groups is 3. The van der Waals surface area contributed by atoms with Crippen molar-refractivity contribution in [3.8, 4) is 0 Å². The molecule has 2 rings (SSSR count). The molecule has 1 aliphatic rings. The molecule has 1 heterocycles. The summed E-state index contributed by atoms with van der Waals surface area (Å²) in [5, 5.41) is 0. The Morgan fingerprint density at radius 3 is 2.63 bits per heavy atom. The minimum absolute atomic E-state index is 0.180. The first-order valence-electron chi connectivity index (χ1n) is 5.81. The van der Waals surface area contributed by atoms with Crippen molar-refractivity contribution >= 4 is 17.8 Å². The van der Waals surface area contributed by atoms with Crippen molar-refractivity contribution in [2.45, 2.75) is 6.92 Å². The lowest BCUT2D eigenvalue weighted by molar-refractivity contribution is 0.0549. The van der Waals surface area contributed by atoms with Crippen LogP contribution in [-0.2, 0) is 4.74 Å². The Kier molecular flexibility index (Phi) is 3.46. The zero-order valence-corrected chi connectivity index (χ0v) is 10.7. The molecule has 0 radical (unpaired) electrons. The highest BCUT2D eigenvalue weighted by atomic mass is 16.5. The van der Waals surface area contributed by atoms with Crippen LogP contribution in [0.5, 0.6) is 0 Å². The smallest absolute Gasteiger partial charge is 0.338 e. The minimum Gasteiger partial charge on any atom is -0.458 e. The topological polar surface area (TPSA) is 63.7 Å². The van der Waals surface area contributed by atoms with Gasteiger partial charge in [0.15, 0.2) is 0 Å². The number of rotatable bonds is 3. The van der Waals surface area contributed by atoms with Crippen LogP contribution in [0, 0.1) is 0 Å². The summed E-state index contributed by atoms with van der Waals surface area (Å²) in [7, 11) is 1.41. The molecule has 1 aromatic carbocycles. The molecule has 0 spiro atoms. The number of hydrogen-bond acceptors (Lipinski definition) is 4. The number of carbonyl (C=O) groups excluding carboxylic acids is 3. The number of fused-ring (bicyclic) bond motifs is 1. The van der Waals surface area contributed by atoms with E-state index in [4.69, 9.17) is 4.74 Å². The van der Waals surface area contributed by atoms with Gasteiger partial charge in [-0.2, -0.15) is 0 Å². The minimum atomic E-state index is -0.518. The zero-order chi connectivity index (χ0) is 14.0. The van der Waals surface area contributed by atoms with Crippen LogP contribution >= 0.6 is 0 Å². The molecule has 1 aliphatic heterocycles. The quantitative estimate of drug-likeness (QED) is 0.470. The van der Waals surface area contributed by atoms with Crippen molar-refractivity contribution in [2.75, 3.05) is 13.7 Å². The Labute approximate surface area is 110 Å². The molecule has 0 N–H and O–H groups in total. The molecular weight excluding hydrogens is 246 g/mol. The number of nitrogens with zero attached hydrogens (tertiary/aromatic N) is 1. The average molecular weight is 259 g/mol. The summed E-state index contributed by atoms with van der Waals surface area (Å²) < 4.78 is 4.98. The summed E-state index contributed by atoms with van der Waals surface area (Å²) in [6.07, 6.45) is 3.47. The molecule has 1 aromatic rings. The van der Waals surface area contributed by atoms with Gasteiger partial charge in [0.1, 0.15) is 6.61 Å². The zero-order valence-electron chi connectivity index (χ0n) is 10.7. The fraction of sp³-hybridized carbons (Fsp3) is 0.214. The first kappa shape index (κ1) is 13.0. The number of imide groups is 1. The van der Waals surface area contributed by atoms with Gasteiger partial charge >= 0.3 is 5.97 Å². The molecule has 2 amide bonds. The van der Waals surface area contributed by atoms with Crippen molar-refractivity contribution < 1.29 is 19.1 Å². The Balaban J connectivity index is 2.25. The van der Waals surface area contributed by atoms with Gasteiger partial charge in [0.05, 0.1) is 16.7 Å². The van der Waals surface area contributed by atoms with E-state index >= 15 is 0 Å². The molecular formula is C14H13NO4. The normalized spacial score (nSPS) is 14.1. The molecule has 0 unspecified atom stereocenters. The first-order chi connectivity index (χ1) is 9.06. The van der Waals surface area contributed by atoms with Crippen LogP contribution in [0.3, 0.4) is 0 Å². The van der Waals surface area contributed by atoms with Crippen LogP contribution in [0.4, 0.5) is 0 Å². The predicted molar refractivity (Wildman–Crippen MR) is 68.0 cm³/mol. The fourth-order valence-electron chi connectivity index (χ4n) is 1.79. The van der Waals surface area contributed by atoms with Crippen LogP contribution in [-0.4, -0.2) is 36.3 Å². The molecule has 0 saturated heterocycles. The number of benzene rings is 1. The van der Waals surface area contributed by atoms with Crippen LogP contribution in [0.25, 0.3) is 0 Å². The molecule has 0 aromatic heterocycles. The van der Waals surface area contributed by atoms with Gasteiger partial charge < -0.3 is 4.74 Å². The Bertz CT molecular complexity index is 589. The van der Waals surface area contributed by atoms with Crippen LogP contribution in [0.1, 0.15) is 38.0 Å². The molecule has 98 valence electrons. The van der Waals surface area contributed by atoms with Gasteiger partial charge in [-0.05, 0) is 25.1 Å². The summed E-state index contributed by atoms with van der Waals surface area (Å²) in [6.45, 7) is 2.00. The molecule has 0 aliphatic carbocycles. The summed E-state index contributed by atoms with van der Waals surface area (Å²) in [5.74, 6) is -1.27. The van der Waals surface area contributed by atoms with Gasteiger partial charge in [0, 0.05) is 7.05 Å². The van der Waals surface area contributed by atoms with E-state index in [1.54, 1.807) is 12.2 Å². The third kappa shape index (κ3) is 2.27. The number of hydrogen-bond donors (Lipinski definition) is 0. The van der Waals surface area contributed by atoms with Gasteiger partial charge in [-0.1, -0.05) is 12.2 Å². The molecule has 5 heteroatoms. The molecule has 0 atom stereocenters. The highest BCUT2D eigenvalue weighted by molar-refractivity contribution is 6.21. The van der Waals surface area contributed by atoms with E-state index in [-0.39, 0.29) is 23.6 Å². The molecule has 0 fully saturated rings. The SMILES string of the molecule is C/C=C/COC(=O)c1ccc2c(c1)C(=O)N(C)C2=O. The van der Waals surface area contributed by atoms with Crippen molar-refractivity contribution in [3.63, 3.8) is 0 Å². The van der Waals surface area contributed by atoms with Crippen molar-refractivity contribution in [1.29, 1.82) is 0 Å². The van der Waals surface area contributed by atoms with E-state index in [1.165, 1.54) is 25.2 Å². The lowest BCUT2D eigenvalue weighted by Crippen LogP contribution is -2.24. The van der Waals surface area contributed by atoms with Gasteiger partial charge in [0.2, 0.25) is 0 Å². The summed E-state index contributed by atoms with van der Waals surface area (Å²) in [6, 6.07) is 4.36. The highest BCUT2D eigenvalue weighted by Crippen LogP contribution is 2.22. The molecule has 19 heavy (non-hydrogen) atoms. The van der Waals surface area contributed by atoms with Crippen LogP contribution < -0.4 is 0 Å². The largest absolute Gasteiger partial charge is 0.458 e. The van der Waals surface area contributed by atoms with E-state index in [1.807, 2.05) is 6.92 Å². The third-order valence-electron chi connectivity index (χ3n) is 2.87. The number of ether oxygens (including phenoxy) is 1. The number of amides is 2. The third-order valence-corrected chi connectivity index (χ3v) is 2.87. The van der Waals surface area contributed by atoms with Gasteiger partial charge in [-0.25, -0.2) is 4.79 Å². The Morgan fingerprint density at radius 1 is 1.26 bits per heavy atom. The Morgan fingerprint density at radius 2 is 1.95 bits per heavy atom. The second-order valence-electron chi connectivity index (χ2n) is 4.10. The summed E-state index contributed by atoms with van der Waals surface area (Å²) in [5.41, 5.74) is 0.824. The van der Waals surface area contributed by atoms with Crippen LogP contribution in [0.15, 0.2) is 30.4 Å². The van der Waals surface area contributed by atoms with E-state index in [2.05, 4.69) is 0 Å². The highest BCUT2D eigenvalue weighted by Gasteiger charge is 2.33. The monoisotopic (exact) mass is 259 g/mol. The van der Waals surface area contributed by atoms with E-state index in [9.17, 15) is 14.4 Å². The maximum atomic E-state index is 11.8. The maximum Gasteiger partial charge on any atom is 0.338 e.